The van der Waals surface area contributed by atoms with Gasteiger partial charge in [-0.15, -0.1) is 15.3 Å². The molecule has 2 N–H and O–H groups in total. The molecule has 1 aliphatic carbocycles. The fourth-order valence-corrected chi connectivity index (χ4v) is 3.40. The highest BCUT2D eigenvalue weighted by Crippen LogP contribution is 2.35. The van der Waals surface area contributed by atoms with Gasteiger partial charge in [0.1, 0.15) is 17.9 Å². The van der Waals surface area contributed by atoms with Gasteiger partial charge in [-0.2, -0.15) is 0 Å². The van der Waals surface area contributed by atoms with Crippen LogP contribution >= 0.6 is 0 Å². The zero-order valence-corrected chi connectivity index (χ0v) is 14.5. The average molecular weight is 355 g/mol. The second-order valence-electron chi connectivity index (χ2n) is 6.68. The number of fused-ring (bicyclic) bond motifs is 1. The fourth-order valence-electron chi connectivity index (χ4n) is 3.40. The molecule has 1 aromatic carbocycles. The zero-order chi connectivity index (χ0) is 18.1. The van der Waals surface area contributed by atoms with Crippen molar-refractivity contribution in [1.29, 1.82) is 0 Å². The minimum Gasteiger partial charge on any atom is -0.388 e. The molecule has 0 atom stereocenters. The summed E-state index contributed by atoms with van der Waals surface area (Å²) in [6.07, 6.45) is 2.05. The molecule has 0 radical (unpaired) electrons. The Labute approximate surface area is 150 Å². The smallest absolute Gasteiger partial charge is 0.222 e. The number of amides is 1. The highest BCUT2D eigenvalue weighted by molar-refractivity contribution is 5.77. The number of aliphatic hydroxyl groups is 1. The molecule has 3 aromatic rings. The number of aryl methyl sites for hydroxylation is 1. The molecule has 0 bridgehead atoms. The minimum absolute atomic E-state index is 0.0158. The maximum Gasteiger partial charge on any atom is 0.222 e. The maximum absolute atomic E-state index is 12.2. The van der Waals surface area contributed by atoms with E-state index in [0.29, 0.717) is 18.8 Å². The molecule has 1 saturated carbocycles. The quantitative estimate of drug-likeness (QED) is 0.666. The molecule has 9 heteroatoms. The Morgan fingerprint density at radius 3 is 2.85 bits per heavy atom. The van der Waals surface area contributed by atoms with Crippen molar-refractivity contribution in [2.75, 3.05) is 0 Å². The Bertz CT molecular complexity index is 926. The predicted molar refractivity (Wildman–Crippen MR) is 93.0 cm³/mol. The molecule has 0 saturated heterocycles. The lowest BCUT2D eigenvalue weighted by Crippen LogP contribution is -2.44. The van der Waals surface area contributed by atoms with Gasteiger partial charge in [0.25, 0.3) is 0 Å². The van der Waals surface area contributed by atoms with Gasteiger partial charge in [-0.25, -0.2) is 4.68 Å². The Kier molecular flexibility index (Phi) is 4.37. The van der Waals surface area contributed by atoms with Crippen LogP contribution in [0.15, 0.2) is 24.3 Å². The van der Waals surface area contributed by atoms with Crippen LogP contribution in [0.3, 0.4) is 0 Å². The van der Waals surface area contributed by atoms with E-state index in [4.69, 9.17) is 0 Å². The van der Waals surface area contributed by atoms with E-state index < -0.39 is 0 Å². The van der Waals surface area contributed by atoms with E-state index in [9.17, 15) is 9.90 Å². The summed E-state index contributed by atoms with van der Waals surface area (Å²) in [6.45, 7) is 0.388. The number of nitrogens with zero attached hydrogens (tertiary/aromatic N) is 6. The first-order chi connectivity index (χ1) is 12.7. The summed E-state index contributed by atoms with van der Waals surface area (Å²) in [5, 5.41) is 28.5. The van der Waals surface area contributed by atoms with Crippen molar-refractivity contribution in [2.45, 2.75) is 44.4 Å². The van der Waals surface area contributed by atoms with Crippen LogP contribution < -0.4 is 5.32 Å². The number of aliphatic hydroxyl groups excluding tert-OH is 1. The van der Waals surface area contributed by atoms with E-state index in [1.165, 1.54) is 0 Å². The SMILES string of the molecule is Cn1c(CO)nnc1C1CC(NC(=O)CCn2nnc3ccccc32)C1. The van der Waals surface area contributed by atoms with Crippen LogP contribution in [0.25, 0.3) is 11.0 Å². The number of carbonyl (C=O) groups is 1. The largest absolute Gasteiger partial charge is 0.388 e. The van der Waals surface area contributed by atoms with Crippen LogP contribution in [0.4, 0.5) is 0 Å². The van der Waals surface area contributed by atoms with E-state index in [2.05, 4.69) is 25.8 Å². The van der Waals surface area contributed by atoms with E-state index in [1.807, 2.05) is 35.9 Å². The van der Waals surface area contributed by atoms with Gasteiger partial charge in [0, 0.05) is 25.4 Å². The van der Waals surface area contributed by atoms with E-state index in [-0.39, 0.29) is 24.5 Å². The van der Waals surface area contributed by atoms with Gasteiger partial charge in [0.2, 0.25) is 5.91 Å². The van der Waals surface area contributed by atoms with Crippen molar-refractivity contribution in [3.63, 3.8) is 0 Å². The standard InChI is InChI=1S/C17H21N7O2/c1-23-15(10-25)20-21-17(23)11-8-12(9-11)18-16(26)6-7-24-14-5-3-2-4-13(14)19-22-24/h2-5,11-12,25H,6-10H2,1H3,(H,18,26). The molecule has 26 heavy (non-hydrogen) atoms. The lowest BCUT2D eigenvalue weighted by Gasteiger charge is -2.35. The summed E-state index contributed by atoms with van der Waals surface area (Å²) in [7, 11) is 1.86. The van der Waals surface area contributed by atoms with E-state index in [0.717, 1.165) is 29.7 Å². The number of aromatic nitrogens is 6. The normalized spacial score (nSPS) is 19.5. The molecule has 4 rings (SSSR count). The van der Waals surface area contributed by atoms with Crippen molar-refractivity contribution < 1.29 is 9.90 Å². The van der Waals surface area contributed by atoms with Gasteiger partial charge < -0.3 is 15.0 Å². The lowest BCUT2D eigenvalue weighted by atomic mass is 9.79. The Balaban J connectivity index is 1.27. The number of rotatable bonds is 6. The molecule has 1 fully saturated rings. The van der Waals surface area contributed by atoms with E-state index >= 15 is 0 Å². The number of hydrogen-bond acceptors (Lipinski definition) is 6. The minimum atomic E-state index is -0.118. The van der Waals surface area contributed by atoms with Crippen LogP contribution in [-0.4, -0.2) is 46.8 Å². The summed E-state index contributed by atoms with van der Waals surface area (Å²) in [5.74, 6) is 1.72. The topological polar surface area (TPSA) is 111 Å². The molecular weight excluding hydrogens is 334 g/mol. The number of benzene rings is 1. The summed E-state index contributed by atoms with van der Waals surface area (Å²) in [6, 6.07) is 7.87. The number of carbonyl (C=O) groups excluding carboxylic acids is 1. The molecule has 2 heterocycles. The molecule has 2 aromatic heterocycles. The van der Waals surface area contributed by atoms with E-state index in [1.54, 1.807) is 4.68 Å². The molecule has 1 aliphatic rings. The van der Waals surface area contributed by atoms with Gasteiger partial charge in [-0.1, -0.05) is 17.3 Å². The Hall–Kier alpha value is -2.81. The van der Waals surface area contributed by atoms with Gasteiger partial charge in [0.15, 0.2) is 5.82 Å². The monoisotopic (exact) mass is 355 g/mol. The zero-order valence-electron chi connectivity index (χ0n) is 14.5. The van der Waals surface area contributed by atoms with Crippen molar-refractivity contribution in [3.05, 3.63) is 35.9 Å². The average Bonchev–Trinajstić information content (AvgIpc) is 3.19. The first kappa shape index (κ1) is 16.6. The molecule has 0 unspecified atom stereocenters. The number of para-hydroxylation sites is 1. The summed E-state index contributed by atoms with van der Waals surface area (Å²) in [5.41, 5.74) is 1.77. The Morgan fingerprint density at radius 1 is 1.27 bits per heavy atom. The third kappa shape index (κ3) is 3.05. The lowest BCUT2D eigenvalue weighted by molar-refractivity contribution is -0.122. The summed E-state index contributed by atoms with van der Waals surface area (Å²) >= 11 is 0. The Morgan fingerprint density at radius 2 is 2.08 bits per heavy atom. The third-order valence-corrected chi connectivity index (χ3v) is 4.98. The summed E-state index contributed by atoms with van der Waals surface area (Å²) in [4.78, 5) is 12.2. The molecular formula is C17H21N7O2. The van der Waals surface area contributed by atoms with Crippen LogP contribution in [0.5, 0.6) is 0 Å². The third-order valence-electron chi connectivity index (χ3n) is 4.98. The van der Waals surface area contributed by atoms with Crippen LogP contribution in [0, 0.1) is 0 Å². The van der Waals surface area contributed by atoms with Gasteiger partial charge in [-0.3, -0.25) is 4.79 Å². The molecule has 136 valence electrons. The highest BCUT2D eigenvalue weighted by Gasteiger charge is 2.34. The molecule has 1 amide bonds. The summed E-state index contributed by atoms with van der Waals surface area (Å²) < 4.78 is 3.59. The highest BCUT2D eigenvalue weighted by atomic mass is 16.3. The number of nitrogens with one attached hydrogen (secondary N) is 1. The van der Waals surface area contributed by atoms with Crippen molar-refractivity contribution in [3.8, 4) is 0 Å². The van der Waals surface area contributed by atoms with Crippen molar-refractivity contribution in [2.24, 2.45) is 7.05 Å². The predicted octanol–water partition coefficient (Wildman–Crippen LogP) is 0.505. The first-order valence-corrected chi connectivity index (χ1v) is 8.72. The molecule has 0 aliphatic heterocycles. The van der Waals surface area contributed by atoms with Crippen LogP contribution in [-0.2, 0) is 25.0 Å². The molecule has 0 spiro atoms. The second-order valence-corrected chi connectivity index (χ2v) is 6.68. The van der Waals surface area contributed by atoms with Gasteiger partial charge in [0.05, 0.1) is 12.1 Å². The van der Waals surface area contributed by atoms with Crippen LogP contribution in [0.1, 0.15) is 36.8 Å². The van der Waals surface area contributed by atoms with Crippen molar-refractivity contribution in [1.82, 2.24) is 35.1 Å². The first-order valence-electron chi connectivity index (χ1n) is 8.72. The van der Waals surface area contributed by atoms with Gasteiger partial charge >= 0.3 is 0 Å². The molecule has 9 nitrogen and oxygen atoms in total. The van der Waals surface area contributed by atoms with Gasteiger partial charge in [-0.05, 0) is 25.0 Å². The fraction of sp³-hybridized carbons (Fsp3) is 0.471. The second kappa shape index (κ2) is 6.83. The number of hydrogen-bond donors (Lipinski definition) is 2. The van der Waals surface area contributed by atoms with Crippen molar-refractivity contribution >= 4 is 16.9 Å². The van der Waals surface area contributed by atoms with Crippen LogP contribution in [0.2, 0.25) is 0 Å². The maximum atomic E-state index is 12.2.